The van der Waals surface area contributed by atoms with Crippen LogP contribution < -0.4 is 14.4 Å². The Morgan fingerprint density at radius 2 is 1.65 bits per heavy atom. The molecule has 1 atom stereocenters. The molecule has 13 heteroatoms. The van der Waals surface area contributed by atoms with Gasteiger partial charge in [-0.1, -0.05) is 61.2 Å². The number of rotatable bonds is 12. The molecule has 0 bridgehead atoms. The molecule has 0 saturated heterocycles. The number of benzene rings is 3. The zero-order valence-corrected chi connectivity index (χ0v) is 27.4. The van der Waals surface area contributed by atoms with E-state index in [0.29, 0.717) is 21.7 Å². The first-order valence-corrected chi connectivity index (χ1v) is 16.7. The molecule has 1 aliphatic carbocycles. The van der Waals surface area contributed by atoms with Gasteiger partial charge in [0.2, 0.25) is 11.8 Å². The number of hydrogen-bond donors (Lipinski definition) is 1. The molecular weight excluding hydrogens is 643 g/mol. The number of carbonyl (C=O) groups excluding carboxylic acids is 2. The summed E-state index contributed by atoms with van der Waals surface area (Å²) in [7, 11) is -3.06. The van der Waals surface area contributed by atoms with E-state index in [1.807, 2.05) is 0 Å². The second kappa shape index (κ2) is 14.8. The fourth-order valence-electron chi connectivity index (χ4n) is 5.47. The van der Waals surface area contributed by atoms with Gasteiger partial charge in [0.1, 0.15) is 18.3 Å². The lowest BCUT2D eigenvalue weighted by Gasteiger charge is -2.34. The summed E-state index contributed by atoms with van der Waals surface area (Å²) in [5.74, 6) is -0.579. The number of ether oxygens (including phenoxy) is 1. The average molecular weight is 680 g/mol. The number of sulfonamides is 1. The highest BCUT2D eigenvalue weighted by Crippen LogP contribution is 2.38. The second-order valence-corrected chi connectivity index (χ2v) is 13.5. The summed E-state index contributed by atoms with van der Waals surface area (Å²) in [5, 5.41) is 2.40. The van der Waals surface area contributed by atoms with Gasteiger partial charge in [0.15, 0.2) is 0 Å². The van der Waals surface area contributed by atoms with Crippen molar-refractivity contribution in [3.63, 3.8) is 0 Å². The molecule has 46 heavy (non-hydrogen) atoms. The first-order valence-electron chi connectivity index (χ1n) is 14.9. The van der Waals surface area contributed by atoms with Gasteiger partial charge in [0, 0.05) is 12.6 Å². The highest BCUT2D eigenvalue weighted by atomic mass is 35.5. The van der Waals surface area contributed by atoms with Crippen molar-refractivity contribution in [2.75, 3.05) is 18.0 Å². The number of carbonyl (C=O) groups is 2. The molecule has 0 heterocycles. The van der Waals surface area contributed by atoms with Crippen molar-refractivity contribution >= 4 is 39.1 Å². The summed E-state index contributed by atoms with van der Waals surface area (Å²) < 4.78 is 75.5. The van der Waals surface area contributed by atoms with Gasteiger partial charge in [-0.2, -0.15) is 13.2 Å². The first kappa shape index (κ1) is 35.1. The summed E-state index contributed by atoms with van der Waals surface area (Å²) >= 11 is 5.85. The number of amides is 2. The van der Waals surface area contributed by atoms with Gasteiger partial charge in [0.05, 0.1) is 28.3 Å². The van der Waals surface area contributed by atoms with Crippen LogP contribution in [0.4, 0.5) is 18.9 Å². The van der Waals surface area contributed by atoms with Gasteiger partial charge in [-0.15, -0.1) is 0 Å². The van der Waals surface area contributed by atoms with Crippen molar-refractivity contribution in [2.45, 2.75) is 75.7 Å². The molecule has 2 amide bonds. The Kier molecular flexibility index (Phi) is 11.3. The Hall–Kier alpha value is -3.77. The SMILES string of the molecule is CC[C@@H](C(=O)NC1CCCC1)N(Cc1ccc(OC)cc1)C(=O)CN(c1ccc(Cl)c(C(F)(F)F)c1)S(=O)(=O)c1ccc(C)cc1. The van der Waals surface area contributed by atoms with Crippen LogP contribution in [0.15, 0.2) is 71.6 Å². The Balaban J connectivity index is 1.78. The van der Waals surface area contributed by atoms with Crippen LogP contribution >= 0.6 is 11.6 Å². The summed E-state index contributed by atoms with van der Waals surface area (Å²) in [5.41, 5.74) is -0.253. The zero-order chi connectivity index (χ0) is 33.6. The Labute approximate surface area is 272 Å². The minimum absolute atomic E-state index is 0.0345. The normalized spacial score (nSPS) is 14.5. The molecule has 0 aliphatic heterocycles. The van der Waals surface area contributed by atoms with Crippen molar-refractivity contribution in [1.29, 1.82) is 0 Å². The Morgan fingerprint density at radius 1 is 1.02 bits per heavy atom. The van der Waals surface area contributed by atoms with Gasteiger partial charge in [-0.3, -0.25) is 13.9 Å². The monoisotopic (exact) mass is 679 g/mol. The van der Waals surface area contributed by atoms with Gasteiger partial charge in [-0.25, -0.2) is 8.42 Å². The predicted molar refractivity (Wildman–Crippen MR) is 170 cm³/mol. The van der Waals surface area contributed by atoms with E-state index in [-0.39, 0.29) is 29.8 Å². The molecule has 4 rings (SSSR count). The van der Waals surface area contributed by atoms with E-state index in [9.17, 15) is 31.2 Å². The summed E-state index contributed by atoms with van der Waals surface area (Å²) in [4.78, 5) is 28.9. The van der Waals surface area contributed by atoms with Crippen molar-refractivity contribution in [3.05, 3.63) is 88.4 Å². The number of nitrogens with one attached hydrogen (secondary N) is 1. The fraction of sp³-hybridized carbons (Fsp3) is 0.394. The lowest BCUT2D eigenvalue weighted by molar-refractivity contribution is -0.140. The van der Waals surface area contributed by atoms with E-state index >= 15 is 0 Å². The molecule has 248 valence electrons. The Morgan fingerprint density at radius 3 is 2.22 bits per heavy atom. The maximum atomic E-state index is 14.2. The van der Waals surface area contributed by atoms with Crippen LogP contribution in [-0.4, -0.2) is 50.9 Å². The number of anilines is 1. The predicted octanol–water partition coefficient (Wildman–Crippen LogP) is 6.74. The number of aryl methyl sites for hydroxylation is 1. The van der Waals surface area contributed by atoms with Crippen LogP contribution in [0.25, 0.3) is 0 Å². The summed E-state index contributed by atoms with van der Waals surface area (Å²) in [6.45, 7) is 2.55. The van der Waals surface area contributed by atoms with Gasteiger partial charge >= 0.3 is 6.18 Å². The number of hydrogen-bond acceptors (Lipinski definition) is 5. The molecule has 3 aromatic carbocycles. The third kappa shape index (κ3) is 8.33. The number of nitrogens with zero attached hydrogens (tertiary/aromatic N) is 2. The van der Waals surface area contributed by atoms with Crippen LogP contribution in [0.1, 0.15) is 55.7 Å². The molecule has 1 saturated carbocycles. The van der Waals surface area contributed by atoms with E-state index in [2.05, 4.69) is 5.32 Å². The minimum atomic E-state index is -4.89. The van der Waals surface area contributed by atoms with Crippen LogP contribution in [0.3, 0.4) is 0 Å². The highest BCUT2D eigenvalue weighted by molar-refractivity contribution is 7.92. The van der Waals surface area contributed by atoms with Crippen molar-refractivity contribution in [1.82, 2.24) is 10.2 Å². The lowest BCUT2D eigenvalue weighted by Crippen LogP contribution is -2.53. The van der Waals surface area contributed by atoms with Crippen LogP contribution in [-0.2, 0) is 32.3 Å². The number of alkyl halides is 3. The standard InChI is InChI=1S/C33H37ClF3N3O5S/c1-4-30(32(42)38-24-7-5-6-8-24)39(20-23-11-14-26(45-3)15-12-23)31(41)21-40(46(43,44)27-16-9-22(2)10-17-27)25-13-18-29(34)28(19-25)33(35,36)37/h9-19,24,30H,4-8,20-21H2,1-3H3,(H,38,42)/t30-/m0/s1. The molecule has 0 spiro atoms. The smallest absolute Gasteiger partial charge is 0.417 e. The second-order valence-electron chi connectivity index (χ2n) is 11.3. The van der Waals surface area contributed by atoms with Crippen molar-refractivity contribution in [2.24, 2.45) is 0 Å². The molecule has 0 unspecified atom stereocenters. The first-order chi connectivity index (χ1) is 21.7. The third-order valence-electron chi connectivity index (χ3n) is 8.03. The zero-order valence-electron chi connectivity index (χ0n) is 25.8. The Bertz CT molecular complexity index is 1630. The van der Waals surface area contributed by atoms with E-state index in [1.165, 1.54) is 24.1 Å². The van der Waals surface area contributed by atoms with Gasteiger partial charge < -0.3 is 15.0 Å². The largest absolute Gasteiger partial charge is 0.497 e. The highest BCUT2D eigenvalue weighted by Gasteiger charge is 2.37. The molecule has 0 aromatic heterocycles. The van der Waals surface area contributed by atoms with E-state index in [4.69, 9.17) is 16.3 Å². The molecular formula is C33H37ClF3N3O5S. The molecule has 0 radical (unpaired) electrons. The van der Waals surface area contributed by atoms with E-state index in [0.717, 1.165) is 43.4 Å². The van der Waals surface area contributed by atoms with E-state index < -0.39 is 51.0 Å². The van der Waals surface area contributed by atoms with Crippen LogP contribution in [0.5, 0.6) is 5.75 Å². The maximum absolute atomic E-state index is 14.2. The number of halogens is 4. The third-order valence-corrected chi connectivity index (χ3v) is 10.1. The van der Waals surface area contributed by atoms with Crippen LogP contribution in [0, 0.1) is 6.92 Å². The van der Waals surface area contributed by atoms with Crippen molar-refractivity contribution in [3.8, 4) is 5.75 Å². The molecule has 8 nitrogen and oxygen atoms in total. The molecule has 3 aromatic rings. The topological polar surface area (TPSA) is 96.0 Å². The fourth-order valence-corrected chi connectivity index (χ4v) is 7.10. The lowest BCUT2D eigenvalue weighted by atomic mass is 10.1. The van der Waals surface area contributed by atoms with Gasteiger partial charge in [-0.05, 0) is 74.2 Å². The minimum Gasteiger partial charge on any atom is -0.497 e. The quantitative estimate of drug-likeness (QED) is 0.229. The average Bonchev–Trinajstić information content (AvgIpc) is 3.53. The van der Waals surface area contributed by atoms with Crippen molar-refractivity contribution < 1.29 is 35.9 Å². The number of methoxy groups -OCH3 is 1. The molecule has 1 aliphatic rings. The summed E-state index contributed by atoms with van der Waals surface area (Å²) in [6, 6.07) is 14.2. The molecule has 1 fully saturated rings. The summed E-state index contributed by atoms with van der Waals surface area (Å²) in [6.07, 6.45) is -1.09. The van der Waals surface area contributed by atoms with Gasteiger partial charge in [0.25, 0.3) is 10.0 Å². The van der Waals surface area contributed by atoms with Crippen LogP contribution in [0.2, 0.25) is 5.02 Å². The molecule has 1 N–H and O–H groups in total. The maximum Gasteiger partial charge on any atom is 0.417 e. The van der Waals surface area contributed by atoms with E-state index in [1.54, 1.807) is 50.2 Å².